The van der Waals surface area contributed by atoms with Crippen molar-refractivity contribution >= 4 is 27.8 Å². The number of hydrogen-bond donors (Lipinski definition) is 2. The van der Waals surface area contributed by atoms with Gasteiger partial charge < -0.3 is 19.8 Å². The van der Waals surface area contributed by atoms with E-state index in [1.165, 1.54) is 0 Å². The molecule has 0 bridgehead atoms. The number of rotatable bonds is 4. The fraction of sp³-hybridized carbons (Fsp3) is 0.429. The van der Waals surface area contributed by atoms with Crippen molar-refractivity contribution in [2.24, 2.45) is 0 Å². The summed E-state index contributed by atoms with van der Waals surface area (Å²) in [6.45, 7) is 1.58. The molecular formula is C14H16BrNO5. The molecule has 3 atom stereocenters. The number of nitrogens with zero attached hydrogens (tertiary/aromatic N) is 1. The van der Waals surface area contributed by atoms with Crippen LogP contribution in [0.25, 0.3) is 0 Å². The van der Waals surface area contributed by atoms with Crippen molar-refractivity contribution in [3.63, 3.8) is 0 Å². The molecule has 0 aliphatic carbocycles. The quantitative estimate of drug-likeness (QED) is 0.846. The van der Waals surface area contributed by atoms with Crippen LogP contribution in [0, 0.1) is 0 Å². The second-order valence-electron chi connectivity index (χ2n) is 4.95. The lowest BCUT2D eigenvalue weighted by Crippen LogP contribution is -2.46. The summed E-state index contributed by atoms with van der Waals surface area (Å²) in [6, 6.07) is 5.99. The normalized spacial score (nSPS) is 22.9. The van der Waals surface area contributed by atoms with E-state index in [-0.39, 0.29) is 13.0 Å². The van der Waals surface area contributed by atoms with Crippen LogP contribution in [0.4, 0.5) is 0 Å². The molecule has 1 fully saturated rings. The number of ether oxygens (including phenoxy) is 1. The Morgan fingerprint density at radius 3 is 2.57 bits per heavy atom. The van der Waals surface area contributed by atoms with E-state index < -0.39 is 30.1 Å². The van der Waals surface area contributed by atoms with Gasteiger partial charge in [0.1, 0.15) is 11.8 Å². The van der Waals surface area contributed by atoms with E-state index in [9.17, 15) is 14.7 Å². The molecule has 0 saturated carbocycles. The van der Waals surface area contributed by atoms with Crippen LogP contribution in [0.1, 0.15) is 13.3 Å². The second-order valence-corrected chi connectivity index (χ2v) is 5.86. The molecule has 1 aromatic rings. The van der Waals surface area contributed by atoms with E-state index in [1.54, 1.807) is 31.2 Å². The lowest BCUT2D eigenvalue weighted by Gasteiger charge is -2.25. The van der Waals surface area contributed by atoms with Gasteiger partial charge in [-0.15, -0.1) is 0 Å². The number of carboxylic acids is 1. The van der Waals surface area contributed by atoms with Gasteiger partial charge in [0.2, 0.25) is 0 Å². The molecule has 114 valence electrons. The molecule has 0 aromatic heterocycles. The Labute approximate surface area is 130 Å². The molecule has 1 unspecified atom stereocenters. The van der Waals surface area contributed by atoms with E-state index in [0.29, 0.717) is 5.75 Å². The number of carbonyl (C=O) groups is 2. The third-order valence-corrected chi connectivity index (χ3v) is 3.85. The van der Waals surface area contributed by atoms with Crippen LogP contribution in [0.2, 0.25) is 0 Å². The number of hydrogen-bond acceptors (Lipinski definition) is 4. The number of carboxylic acid groups (broad SMARTS) is 1. The van der Waals surface area contributed by atoms with Crippen molar-refractivity contribution in [3.05, 3.63) is 28.7 Å². The van der Waals surface area contributed by atoms with Crippen LogP contribution < -0.4 is 4.74 Å². The molecular weight excluding hydrogens is 342 g/mol. The Hall–Kier alpha value is -1.60. The summed E-state index contributed by atoms with van der Waals surface area (Å²) in [7, 11) is 0. The number of aliphatic carboxylic acids is 1. The summed E-state index contributed by atoms with van der Waals surface area (Å²) in [4.78, 5) is 24.6. The van der Waals surface area contributed by atoms with Gasteiger partial charge in [-0.2, -0.15) is 0 Å². The van der Waals surface area contributed by atoms with Gasteiger partial charge in [0, 0.05) is 17.4 Å². The second kappa shape index (κ2) is 6.44. The van der Waals surface area contributed by atoms with Crippen LogP contribution in [0.5, 0.6) is 5.75 Å². The molecule has 1 heterocycles. The molecule has 1 aliphatic rings. The molecule has 2 N–H and O–H groups in total. The maximum absolute atomic E-state index is 12.3. The highest BCUT2D eigenvalue weighted by atomic mass is 79.9. The fourth-order valence-corrected chi connectivity index (χ4v) is 2.56. The zero-order valence-corrected chi connectivity index (χ0v) is 13.0. The monoisotopic (exact) mass is 357 g/mol. The SMILES string of the molecule is CC(Oc1ccc(Br)cc1)C(=O)N1C[C@H](O)C[C@@H]1C(=O)O. The Morgan fingerprint density at radius 2 is 2.00 bits per heavy atom. The van der Waals surface area contributed by atoms with Gasteiger partial charge in [0.05, 0.1) is 6.10 Å². The van der Waals surface area contributed by atoms with Crippen LogP contribution in [-0.4, -0.2) is 51.8 Å². The van der Waals surface area contributed by atoms with Crippen LogP contribution >= 0.6 is 15.9 Å². The number of likely N-dealkylation sites (tertiary alicyclic amines) is 1. The van der Waals surface area contributed by atoms with Gasteiger partial charge in [-0.05, 0) is 31.2 Å². The van der Waals surface area contributed by atoms with Gasteiger partial charge in [-0.3, -0.25) is 4.79 Å². The van der Waals surface area contributed by atoms with Gasteiger partial charge in [-0.1, -0.05) is 15.9 Å². The molecule has 7 heteroatoms. The first-order valence-corrected chi connectivity index (χ1v) is 7.31. The first kappa shape index (κ1) is 15.8. The zero-order chi connectivity index (χ0) is 15.6. The molecule has 1 aliphatic heterocycles. The first-order chi connectivity index (χ1) is 9.88. The number of benzene rings is 1. The fourth-order valence-electron chi connectivity index (χ4n) is 2.29. The summed E-state index contributed by atoms with van der Waals surface area (Å²) in [5.74, 6) is -1.04. The predicted octanol–water partition coefficient (Wildman–Crippen LogP) is 1.26. The average molecular weight is 358 g/mol. The van der Waals surface area contributed by atoms with Crippen molar-refractivity contribution in [2.45, 2.75) is 31.6 Å². The van der Waals surface area contributed by atoms with Gasteiger partial charge in [0.25, 0.3) is 5.91 Å². The third-order valence-electron chi connectivity index (χ3n) is 3.32. The predicted molar refractivity (Wildman–Crippen MR) is 78.0 cm³/mol. The number of aliphatic hydroxyl groups is 1. The van der Waals surface area contributed by atoms with E-state index in [4.69, 9.17) is 9.84 Å². The average Bonchev–Trinajstić information content (AvgIpc) is 2.82. The molecule has 0 spiro atoms. The maximum Gasteiger partial charge on any atom is 0.326 e. The molecule has 0 radical (unpaired) electrons. The van der Waals surface area contributed by atoms with Gasteiger partial charge in [-0.25, -0.2) is 4.79 Å². The van der Waals surface area contributed by atoms with Crippen molar-refractivity contribution in [1.29, 1.82) is 0 Å². The number of halogens is 1. The topological polar surface area (TPSA) is 87.1 Å². The summed E-state index contributed by atoms with van der Waals surface area (Å²) in [6.07, 6.45) is -1.58. The molecule has 1 aromatic carbocycles. The lowest BCUT2D eigenvalue weighted by molar-refractivity contribution is -0.150. The molecule has 1 saturated heterocycles. The first-order valence-electron chi connectivity index (χ1n) is 6.52. The van der Waals surface area contributed by atoms with Crippen LogP contribution in [-0.2, 0) is 9.59 Å². The Morgan fingerprint density at radius 1 is 1.38 bits per heavy atom. The van der Waals surface area contributed by atoms with E-state index in [0.717, 1.165) is 9.37 Å². The van der Waals surface area contributed by atoms with Crippen LogP contribution in [0.3, 0.4) is 0 Å². The minimum absolute atomic E-state index is 0.0177. The summed E-state index contributed by atoms with van der Waals surface area (Å²) >= 11 is 3.30. The highest BCUT2D eigenvalue weighted by molar-refractivity contribution is 9.10. The summed E-state index contributed by atoms with van der Waals surface area (Å²) < 4.78 is 6.41. The van der Waals surface area contributed by atoms with Gasteiger partial charge in [0.15, 0.2) is 6.10 Å². The molecule has 2 rings (SSSR count). The minimum Gasteiger partial charge on any atom is -0.481 e. The van der Waals surface area contributed by atoms with Gasteiger partial charge >= 0.3 is 5.97 Å². The summed E-state index contributed by atoms with van der Waals surface area (Å²) in [5, 5.41) is 18.7. The molecule has 6 nitrogen and oxygen atoms in total. The Bertz CT molecular complexity index is 533. The van der Waals surface area contributed by atoms with Crippen molar-refractivity contribution in [1.82, 2.24) is 4.90 Å². The van der Waals surface area contributed by atoms with Crippen molar-refractivity contribution in [3.8, 4) is 5.75 Å². The lowest BCUT2D eigenvalue weighted by atomic mass is 10.2. The number of amides is 1. The highest BCUT2D eigenvalue weighted by Crippen LogP contribution is 2.22. The standard InChI is InChI=1S/C14H16BrNO5/c1-8(21-11-4-2-9(15)3-5-11)13(18)16-7-10(17)6-12(16)14(19)20/h2-5,8,10,12,17H,6-7H2,1H3,(H,19,20)/t8?,10-,12-/m1/s1. The number of aliphatic hydroxyl groups excluding tert-OH is 1. The number of β-amino-alcohol motifs (C(OH)–C–C–N with tert-alkyl or cyclic N) is 1. The van der Waals surface area contributed by atoms with Crippen LogP contribution in [0.15, 0.2) is 28.7 Å². The van der Waals surface area contributed by atoms with E-state index >= 15 is 0 Å². The van der Waals surface area contributed by atoms with Crippen molar-refractivity contribution in [2.75, 3.05) is 6.54 Å². The van der Waals surface area contributed by atoms with Crippen molar-refractivity contribution < 1.29 is 24.5 Å². The Kier molecular flexibility index (Phi) is 4.84. The van der Waals surface area contributed by atoms with E-state index in [2.05, 4.69) is 15.9 Å². The number of carbonyl (C=O) groups excluding carboxylic acids is 1. The molecule has 1 amide bonds. The minimum atomic E-state index is -1.12. The largest absolute Gasteiger partial charge is 0.481 e. The van der Waals surface area contributed by atoms with E-state index in [1.807, 2.05) is 0 Å². The molecule has 21 heavy (non-hydrogen) atoms. The smallest absolute Gasteiger partial charge is 0.326 e. The third kappa shape index (κ3) is 3.74. The Balaban J connectivity index is 2.04. The highest BCUT2D eigenvalue weighted by Gasteiger charge is 2.40. The zero-order valence-electron chi connectivity index (χ0n) is 11.4. The maximum atomic E-state index is 12.3. The summed E-state index contributed by atoms with van der Waals surface area (Å²) in [5.41, 5.74) is 0.